The van der Waals surface area contributed by atoms with Gasteiger partial charge in [0, 0.05) is 24.8 Å². The maximum Gasteiger partial charge on any atom is 0.0267 e. The van der Waals surface area contributed by atoms with Gasteiger partial charge in [-0.3, -0.25) is 9.97 Å². The molecule has 2 heterocycles. The third kappa shape index (κ3) is 36.0. The van der Waals surface area contributed by atoms with Crippen molar-refractivity contribution in [2.75, 3.05) is 0 Å². The molecule has 2 aromatic rings. The van der Waals surface area contributed by atoms with Gasteiger partial charge in [-0.2, -0.15) is 0 Å². The van der Waals surface area contributed by atoms with Crippen molar-refractivity contribution < 1.29 is 0 Å². The minimum absolute atomic E-state index is 1.25. The van der Waals surface area contributed by atoms with Crippen molar-refractivity contribution in [3.05, 3.63) is 61.2 Å². The first kappa shape index (κ1) is 23.4. The van der Waals surface area contributed by atoms with Gasteiger partial charge in [0.15, 0.2) is 0 Å². The molecule has 20 heavy (non-hydrogen) atoms. The van der Waals surface area contributed by atoms with E-state index in [0.29, 0.717) is 0 Å². The highest BCUT2D eigenvalue weighted by molar-refractivity contribution is 4.88. The summed E-state index contributed by atoms with van der Waals surface area (Å²) in [5.74, 6) is 0. The number of hydrogen-bond donors (Lipinski definition) is 0. The van der Waals surface area contributed by atoms with Crippen molar-refractivity contribution in [2.24, 2.45) is 0 Å². The fourth-order valence-corrected chi connectivity index (χ4v) is 0.625. The Hall–Kier alpha value is -1.70. The Morgan fingerprint density at radius 3 is 0.750 bits per heavy atom. The molecule has 0 aliphatic carbocycles. The van der Waals surface area contributed by atoms with E-state index in [-0.39, 0.29) is 0 Å². The Balaban J connectivity index is -0.000000195. The van der Waals surface area contributed by atoms with E-state index in [9.17, 15) is 0 Å². The molecule has 0 fully saturated rings. The van der Waals surface area contributed by atoms with Crippen molar-refractivity contribution >= 4 is 0 Å². The van der Waals surface area contributed by atoms with Crippen molar-refractivity contribution in [3.8, 4) is 0 Å². The van der Waals surface area contributed by atoms with Gasteiger partial charge < -0.3 is 0 Å². The molecule has 0 saturated carbocycles. The predicted molar refractivity (Wildman–Crippen MR) is 91.8 cm³/mol. The third-order valence-corrected chi connectivity index (χ3v) is 1.13. The van der Waals surface area contributed by atoms with E-state index in [1.165, 1.54) is 12.8 Å². The fraction of sp³-hybridized carbons (Fsp3) is 0.444. The zero-order chi connectivity index (χ0) is 15.9. The molecule has 0 unspecified atom stereocenters. The van der Waals surface area contributed by atoms with Crippen molar-refractivity contribution in [1.29, 1.82) is 0 Å². The molecule has 114 valence electrons. The molecule has 0 bridgehead atoms. The van der Waals surface area contributed by atoms with Crippen LogP contribution in [-0.2, 0) is 0 Å². The van der Waals surface area contributed by atoms with Gasteiger partial charge in [0.2, 0.25) is 0 Å². The van der Waals surface area contributed by atoms with Crippen LogP contribution in [0.1, 0.15) is 54.4 Å². The minimum Gasteiger partial charge on any atom is -0.265 e. The lowest BCUT2D eigenvalue weighted by atomic mass is 10.5. The lowest BCUT2D eigenvalue weighted by molar-refractivity contribution is 1.09. The maximum absolute atomic E-state index is 3.78. The van der Waals surface area contributed by atoms with E-state index >= 15 is 0 Å². The number of pyridine rings is 2. The summed E-state index contributed by atoms with van der Waals surface area (Å²) in [5, 5.41) is 0. The van der Waals surface area contributed by atoms with Crippen LogP contribution in [0, 0.1) is 0 Å². The summed E-state index contributed by atoms with van der Waals surface area (Å²) in [5.41, 5.74) is 0. The van der Waals surface area contributed by atoms with E-state index < -0.39 is 0 Å². The van der Waals surface area contributed by atoms with Crippen LogP contribution in [0.5, 0.6) is 0 Å². The Labute approximate surface area is 126 Å². The van der Waals surface area contributed by atoms with Gasteiger partial charge in [-0.25, -0.2) is 0 Å². The standard InChI is InChI=1S/2C5H5N.2C3H8.C2H6/c2*1-2-4-6-5-3-1;2*1-3-2;1-2/h2*1-5H;2*3H2,1-2H3;1-2H3. The second-order valence-corrected chi connectivity index (χ2v) is 3.46. The van der Waals surface area contributed by atoms with Gasteiger partial charge in [0.1, 0.15) is 0 Å². The maximum atomic E-state index is 3.78. The summed E-state index contributed by atoms with van der Waals surface area (Å²) in [6.45, 7) is 12.5. The average Bonchev–Trinajstić information content (AvgIpc) is 2.55. The predicted octanol–water partition coefficient (Wildman–Crippen LogP) is 6.02. The van der Waals surface area contributed by atoms with Gasteiger partial charge in [0.25, 0.3) is 0 Å². The van der Waals surface area contributed by atoms with E-state index in [1.54, 1.807) is 24.8 Å². The summed E-state index contributed by atoms with van der Waals surface area (Å²) < 4.78 is 0. The van der Waals surface area contributed by atoms with Crippen molar-refractivity contribution in [3.63, 3.8) is 0 Å². The summed E-state index contributed by atoms with van der Waals surface area (Å²) in [7, 11) is 0. The number of hydrogen-bond acceptors (Lipinski definition) is 2. The van der Waals surface area contributed by atoms with Gasteiger partial charge in [-0.15, -0.1) is 0 Å². The first-order chi connectivity index (χ1) is 9.83. The molecule has 0 N–H and O–H groups in total. The van der Waals surface area contributed by atoms with Crippen LogP contribution < -0.4 is 0 Å². The minimum atomic E-state index is 1.25. The fourth-order valence-electron chi connectivity index (χ4n) is 0.625. The highest BCUT2D eigenvalue weighted by atomic mass is 14.6. The molecule has 0 amide bonds. The van der Waals surface area contributed by atoms with E-state index in [0.717, 1.165) is 0 Å². The monoisotopic (exact) mass is 276 g/mol. The molecule has 2 rings (SSSR count). The van der Waals surface area contributed by atoms with E-state index in [1.807, 2.05) is 50.2 Å². The number of rotatable bonds is 0. The summed E-state index contributed by atoms with van der Waals surface area (Å²) in [6, 6.07) is 11.4. The van der Waals surface area contributed by atoms with Crippen LogP contribution >= 0.6 is 0 Å². The highest BCUT2D eigenvalue weighted by Gasteiger charge is 1.59. The van der Waals surface area contributed by atoms with Crippen molar-refractivity contribution in [2.45, 2.75) is 54.4 Å². The lowest BCUT2D eigenvalue weighted by Gasteiger charge is -1.70. The molecule has 0 aliphatic heterocycles. The molecule has 0 spiro atoms. The Morgan fingerprint density at radius 1 is 0.500 bits per heavy atom. The molecule has 0 aliphatic rings. The molecule has 2 nitrogen and oxygen atoms in total. The lowest BCUT2D eigenvalue weighted by Crippen LogP contribution is -1.58. The Bertz CT molecular complexity index is 209. The van der Waals surface area contributed by atoms with Gasteiger partial charge in [0.05, 0.1) is 0 Å². The Kier molecular flexibility index (Phi) is 35.5. The molecule has 2 heteroatoms. The van der Waals surface area contributed by atoms with Gasteiger partial charge in [-0.1, -0.05) is 66.5 Å². The Morgan fingerprint density at radius 2 is 0.700 bits per heavy atom. The molecule has 0 aromatic carbocycles. The third-order valence-electron chi connectivity index (χ3n) is 1.13. The highest BCUT2D eigenvalue weighted by Crippen LogP contribution is 1.74. The molecular weight excluding hydrogens is 244 g/mol. The van der Waals surface area contributed by atoms with Gasteiger partial charge >= 0.3 is 0 Å². The largest absolute Gasteiger partial charge is 0.265 e. The van der Waals surface area contributed by atoms with Crippen LogP contribution in [0.3, 0.4) is 0 Å². The summed E-state index contributed by atoms with van der Waals surface area (Å²) in [4.78, 5) is 7.57. The molecule has 0 saturated heterocycles. The molecule has 0 radical (unpaired) electrons. The second kappa shape index (κ2) is 30.4. The summed E-state index contributed by atoms with van der Waals surface area (Å²) >= 11 is 0. The van der Waals surface area contributed by atoms with E-state index in [4.69, 9.17) is 0 Å². The molecular formula is C18H32N2. The smallest absolute Gasteiger partial charge is 0.0267 e. The average molecular weight is 276 g/mol. The van der Waals surface area contributed by atoms with Crippen LogP contribution in [-0.4, -0.2) is 9.97 Å². The van der Waals surface area contributed by atoms with Crippen LogP contribution in [0.15, 0.2) is 61.2 Å². The quantitative estimate of drug-likeness (QED) is 0.587. The normalized spacial score (nSPS) is 6.90. The summed E-state index contributed by atoms with van der Waals surface area (Å²) in [6.07, 6.45) is 9.50. The van der Waals surface area contributed by atoms with E-state index in [2.05, 4.69) is 37.7 Å². The number of nitrogens with zero attached hydrogens (tertiary/aromatic N) is 2. The number of aromatic nitrogens is 2. The van der Waals surface area contributed by atoms with Crippen LogP contribution in [0.2, 0.25) is 0 Å². The topological polar surface area (TPSA) is 25.8 Å². The van der Waals surface area contributed by atoms with Crippen LogP contribution in [0.4, 0.5) is 0 Å². The van der Waals surface area contributed by atoms with Crippen LogP contribution in [0.25, 0.3) is 0 Å². The van der Waals surface area contributed by atoms with Gasteiger partial charge in [-0.05, 0) is 24.3 Å². The first-order valence-corrected chi connectivity index (χ1v) is 7.53. The zero-order valence-electron chi connectivity index (χ0n) is 14.1. The first-order valence-electron chi connectivity index (χ1n) is 7.53. The second-order valence-electron chi connectivity index (χ2n) is 3.46. The molecule has 0 atom stereocenters. The van der Waals surface area contributed by atoms with Crippen molar-refractivity contribution in [1.82, 2.24) is 9.97 Å². The molecule has 2 aromatic heterocycles. The SMILES string of the molecule is CC.CCC.CCC.c1ccncc1.c1ccncc1. The zero-order valence-corrected chi connectivity index (χ0v) is 14.1.